The van der Waals surface area contributed by atoms with Gasteiger partial charge < -0.3 is 15.2 Å². The highest BCUT2D eigenvalue weighted by Crippen LogP contribution is 2.23. The third kappa shape index (κ3) is 3.46. The summed E-state index contributed by atoms with van der Waals surface area (Å²) in [7, 11) is 1.29. The van der Waals surface area contributed by atoms with Crippen LogP contribution in [0.25, 0.3) is 0 Å². The van der Waals surface area contributed by atoms with Crippen LogP contribution in [-0.2, 0) is 4.74 Å². The summed E-state index contributed by atoms with van der Waals surface area (Å²) in [6.07, 6.45) is 0. The van der Waals surface area contributed by atoms with Crippen LogP contribution in [0.5, 0.6) is 5.75 Å². The molecule has 2 aromatic carbocycles. The van der Waals surface area contributed by atoms with Gasteiger partial charge in [0.25, 0.3) is 5.91 Å². The first kappa shape index (κ1) is 16.0. The van der Waals surface area contributed by atoms with Crippen LogP contribution in [-0.4, -0.2) is 24.1 Å². The molecule has 0 atom stereocenters. The van der Waals surface area contributed by atoms with E-state index in [1.54, 1.807) is 31.2 Å². The molecule has 0 aromatic heterocycles. The largest absolute Gasteiger partial charge is 0.508 e. The zero-order valence-corrected chi connectivity index (χ0v) is 13.6. The van der Waals surface area contributed by atoms with Gasteiger partial charge in [-0.25, -0.2) is 4.79 Å². The van der Waals surface area contributed by atoms with Crippen molar-refractivity contribution in [2.24, 2.45) is 0 Å². The summed E-state index contributed by atoms with van der Waals surface area (Å²) in [5, 5.41) is 12.3. The molecule has 0 aliphatic rings. The van der Waals surface area contributed by atoms with Crippen LogP contribution in [0.1, 0.15) is 26.3 Å². The number of rotatable bonds is 3. The van der Waals surface area contributed by atoms with E-state index >= 15 is 0 Å². The number of benzene rings is 2. The lowest BCUT2D eigenvalue weighted by atomic mass is 10.1. The molecular formula is C16H14BrNO4. The Labute approximate surface area is 136 Å². The minimum absolute atomic E-state index is 0.0544. The lowest BCUT2D eigenvalue weighted by Crippen LogP contribution is -2.13. The number of methoxy groups -OCH3 is 1. The summed E-state index contributed by atoms with van der Waals surface area (Å²) >= 11 is 3.25. The van der Waals surface area contributed by atoms with Crippen LogP contribution in [0, 0.1) is 6.92 Å². The van der Waals surface area contributed by atoms with Crippen molar-refractivity contribution in [3.63, 3.8) is 0 Å². The predicted molar refractivity (Wildman–Crippen MR) is 86.3 cm³/mol. The summed E-state index contributed by atoms with van der Waals surface area (Å²) in [5.74, 6) is -0.830. The van der Waals surface area contributed by atoms with E-state index in [9.17, 15) is 14.7 Å². The Kier molecular flexibility index (Phi) is 4.82. The molecule has 2 aromatic rings. The molecule has 0 saturated heterocycles. The Hall–Kier alpha value is -2.34. The van der Waals surface area contributed by atoms with E-state index in [-0.39, 0.29) is 11.7 Å². The third-order valence-corrected chi connectivity index (χ3v) is 3.79. The van der Waals surface area contributed by atoms with Gasteiger partial charge in [-0.1, -0.05) is 6.07 Å². The third-order valence-electron chi connectivity index (χ3n) is 3.10. The monoisotopic (exact) mass is 363 g/mol. The molecule has 2 rings (SSSR count). The fourth-order valence-corrected chi connectivity index (χ4v) is 2.23. The summed E-state index contributed by atoms with van der Waals surface area (Å²) in [5.41, 5.74) is 1.78. The van der Waals surface area contributed by atoms with Gasteiger partial charge in [-0.15, -0.1) is 0 Å². The maximum Gasteiger partial charge on any atom is 0.339 e. The van der Waals surface area contributed by atoms with Gasteiger partial charge in [-0.2, -0.15) is 0 Å². The molecule has 0 fully saturated rings. The van der Waals surface area contributed by atoms with Crippen LogP contribution in [0.15, 0.2) is 40.9 Å². The number of nitrogens with one attached hydrogen (secondary N) is 1. The van der Waals surface area contributed by atoms with Crippen molar-refractivity contribution >= 4 is 33.5 Å². The molecule has 0 saturated carbocycles. The fraction of sp³-hybridized carbons (Fsp3) is 0.125. The number of halogens is 1. The van der Waals surface area contributed by atoms with Crippen LogP contribution < -0.4 is 5.32 Å². The second-order valence-corrected chi connectivity index (χ2v) is 5.50. The molecule has 0 spiro atoms. The highest BCUT2D eigenvalue weighted by molar-refractivity contribution is 9.10. The number of hydrogen-bond acceptors (Lipinski definition) is 4. The van der Waals surface area contributed by atoms with E-state index < -0.39 is 5.97 Å². The number of phenols is 1. The van der Waals surface area contributed by atoms with Crippen molar-refractivity contribution < 1.29 is 19.4 Å². The first-order valence-corrected chi connectivity index (χ1v) is 7.20. The molecule has 0 unspecified atom stereocenters. The van der Waals surface area contributed by atoms with Crippen molar-refractivity contribution in [3.8, 4) is 5.75 Å². The number of aromatic hydroxyl groups is 1. The van der Waals surface area contributed by atoms with Gasteiger partial charge in [0.2, 0.25) is 0 Å². The zero-order valence-electron chi connectivity index (χ0n) is 12.0. The van der Waals surface area contributed by atoms with Crippen LogP contribution >= 0.6 is 15.9 Å². The van der Waals surface area contributed by atoms with Gasteiger partial charge in [0.1, 0.15) is 5.75 Å². The SMILES string of the molecule is COC(=O)c1cc(NC(=O)c2ccc(C)c(O)c2)ccc1Br. The minimum atomic E-state index is -0.504. The predicted octanol–water partition coefficient (Wildman–Crippen LogP) is 3.50. The Morgan fingerprint density at radius 2 is 1.91 bits per heavy atom. The van der Waals surface area contributed by atoms with E-state index in [0.717, 1.165) is 0 Å². The van der Waals surface area contributed by atoms with E-state index in [2.05, 4.69) is 26.0 Å². The smallest absolute Gasteiger partial charge is 0.339 e. The second-order valence-electron chi connectivity index (χ2n) is 4.64. The number of anilines is 1. The molecule has 6 heteroatoms. The zero-order chi connectivity index (χ0) is 16.3. The molecule has 2 N–H and O–H groups in total. The maximum atomic E-state index is 12.2. The first-order chi connectivity index (χ1) is 10.4. The number of carbonyl (C=O) groups excluding carboxylic acids is 2. The van der Waals surface area contributed by atoms with Crippen molar-refractivity contribution in [1.82, 2.24) is 0 Å². The number of phenolic OH excluding ortho intramolecular Hbond substituents is 1. The molecule has 1 amide bonds. The molecule has 114 valence electrons. The van der Waals surface area contributed by atoms with Crippen molar-refractivity contribution in [1.29, 1.82) is 0 Å². The highest BCUT2D eigenvalue weighted by Gasteiger charge is 2.13. The Morgan fingerprint density at radius 3 is 2.55 bits per heavy atom. The lowest BCUT2D eigenvalue weighted by Gasteiger charge is -2.09. The number of esters is 1. The Morgan fingerprint density at radius 1 is 1.18 bits per heavy atom. The van der Waals surface area contributed by atoms with Crippen LogP contribution in [0.3, 0.4) is 0 Å². The number of hydrogen-bond donors (Lipinski definition) is 2. The molecule has 0 heterocycles. The quantitative estimate of drug-likeness (QED) is 0.818. The molecule has 22 heavy (non-hydrogen) atoms. The van der Waals surface area contributed by atoms with E-state index in [1.807, 2.05) is 0 Å². The van der Waals surface area contributed by atoms with E-state index in [1.165, 1.54) is 19.2 Å². The summed E-state index contributed by atoms with van der Waals surface area (Å²) in [4.78, 5) is 23.8. The molecule has 0 aliphatic heterocycles. The summed E-state index contributed by atoms with van der Waals surface area (Å²) in [6.45, 7) is 1.74. The molecular weight excluding hydrogens is 350 g/mol. The highest BCUT2D eigenvalue weighted by atomic mass is 79.9. The molecule has 0 radical (unpaired) electrons. The second kappa shape index (κ2) is 6.62. The number of aryl methyl sites for hydroxylation is 1. The normalized spacial score (nSPS) is 10.1. The van der Waals surface area contributed by atoms with Crippen LogP contribution in [0.2, 0.25) is 0 Å². The van der Waals surface area contributed by atoms with Crippen molar-refractivity contribution in [3.05, 3.63) is 57.6 Å². The van der Waals surface area contributed by atoms with Gasteiger partial charge in [-0.3, -0.25) is 4.79 Å². The number of ether oxygens (including phenoxy) is 1. The van der Waals surface area contributed by atoms with Gasteiger partial charge in [-0.05, 0) is 58.7 Å². The first-order valence-electron chi connectivity index (χ1n) is 6.41. The average molecular weight is 364 g/mol. The van der Waals surface area contributed by atoms with Gasteiger partial charge in [0.05, 0.1) is 12.7 Å². The molecule has 0 bridgehead atoms. The lowest BCUT2D eigenvalue weighted by molar-refractivity contribution is 0.0599. The minimum Gasteiger partial charge on any atom is -0.508 e. The molecule has 5 nitrogen and oxygen atoms in total. The fourth-order valence-electron chi connectivity index (χ4n) is 1.82. The van der Waals surface area contributed by atoms with E-state index in [4.69, 9.17) is 0 Å². The molecule has 0 aliphatic carbocycles. The number of amides is 1. The standard InChI is InChI=1S/C16H14BrNO4/c1-9-3-4-10(7-14(9)19)15(20)18-11-5-6-13(17)12(8-11)16(21)22-2/h3-8,19H,1-2H3,(H,18,20). The number of carbonyl (C=O) groups is 2. The Balaban J connectivity index is 2.24. The van der Waals surface area contributed by atoms with Crippen molar-refractivity contribution in [2.45, 2.75) is 6.92 Å². The topological polar surface area (TPSA) is 75.6 Å². The van der Waals surface area contributed by atoms with Gasteiger partial charge in [0.15, 0.2) is 0 Å². The maximum absolute atomic E-state index is 12.2. The van der Waals surface area contributed by atoms with E-state index in [0.29, 0.717) is 26.9 Å². The summed E-state index contributed by atoms with van der Waals surface area (Å²) < 4.78 is 5.25. The Bertz CT molecular complexity index is 743. The van der Waals surface area contributed by atoms with Gasteiger partial charge >= 0.3 is 5.97 Å². The van der Waals surface area contributed by atoms with Gasteiger partial charge in [0, 0.05) is 15.7 Å². The van der Waals surface area contributed by atoms with Crippen LogP contribution in [0.4, 0.5) is 5.69 Å². The average Bonchev–Trinajstić information content (AvgIpc) is 2.51. The van der Waals surface area contributed by atoms with Crippen molar-refractivity contribution in [2.75, 3.05) is 12.4 Å². The summed E-state index contributed by atoms with van der Waals surface area (Å²) in [6, 6.07) is 9.49.